The molecule has 0 saturated carbocycles. The molecule has 446 valence electrons. The van der Waals surface area contributed by atoms with E-state index in [-0.39, 0.29) is 102 Å². The average Bonchev–Trinajstić information content (AvgIpc) is 4.09. The Kier molecular flexibility index (Phi) is 29.1. The molecule has 79 heavy (non-hydrogen) atoms. The van der Waals surface area contributed by atoms with E-state index in [4.69, 9.17) is 24.8 Å². The standard InChI is InChI=1S/C48H82N14O17/c1-28-39(68)41(70)43(72)47(78-28)76-22-20-61-26-31(57-59-61)24-52-35(64)16-14-33(54-30(3)63)45(74)50-18-10-6-4-5-8-12-37(66)55-34(46(75)51-19-11-7-9-13-38(67)56-49)15-17-36(65)53-25-32-27-62(60-58-32)21-23-77-48-44(73)42(71)40(69)29(2)79-48/h26-29,33-34,39-44,47-48,68-73H,4-25,49H2,1-3H3,(H,50,74)(H,51,75)(H,52,64)(H,53,65)(H,54,63)(H,55,66)(H,56,67)/t28-,29-,33?,34?,39+,40+,41+,42+,43-,44-,47+,48+/m0/s1. The van der Waals surface area contributed by atoms with Gasteiger partial charge < -0.3 is 81.5 Å². The molecule has 15 N–H and O–H groups in total. The maximum atomic E-state index is 13.2. The third-order valence-corrected chi connectivity index (χ3v) is 13.0. The molecule has 2 aromatic rings. The number of aromatic nitrogens is 6. The minimum Gasteiger partial charge on any atom is -0.388 e. The maximum Gasteiger partial charge on any atom is 0.242 e. The summed E-state index contributed by atoms with van der Waals surface area (Å²) in [6.45, 7) is 5.48. The van der Waals surface area contributed by atoms with Crippen molar-refractivity contribution >= 4 is 41.4 Å². The fourth-order valence-electron chi connectivity index (χ4n) is 8.31. The number of hydrogen-bond acceptors (Lipinski definition) is 22. The van der Waals surface area contributed by atoms with Crippen LogP contribution in [0.2, 0.25) is 0 Å². The summed E-state index contributed by atoms with van der Waals surface area (Å²) in [6.07, 6.45) is -3.61. The van der Waals surface area contributed by atoms with Crippen molar-refractivity contribution in [3.05, 3.63) is 23.8 Å². The summed E-state index contributed by atoms with van der Waals surface area (Å²) in [4.78, 5) is 88.2. The Balaban J connectivity index is 1.10. The highest BCUT2D eigenvalue weighted by Gasteiger charge is 2.43. The smallest absolute Gasteiger partial charge is 0.242 e. The third-order valence-electron chi connectivity index (χ3n) is 13.0. The van der Waals surface area contributed by atoms with Gasteiger partial charge in [-0.2, -0.15) is 0 Å². The Morgan fingerprint density at radius 2 is 0.975 bits per heavy atom. The number of aliphatic hydroxyl groups is 6. The summed E-state index contributed by atoms with van der Waals surface area (Å²) in [6, 6.07) is -1.96. The molecule has 4 heterocycles. The third kappa shape index (κ3) is 23.8. The number of hydrogen-bond donors (Lipinski definition) is 14. The number of nitrogens with two attached hydrogens (primary N) is 1. The Hall–Kier alpha value is -5.87. The number of hydrazine groups is 1. The Morgan fingerprint density at radius 3 is 1.43 bits per heavy atom. The molecule has 2 saturated heterocycles. The molecular formula is C48H82N14O17. The van der Waals surface area contributed by atoms with Gasteiger partial charge in [-0.25, -0.2) is 15.2 Å². The molecule has 4 rings (SSSR count). The minimum absolute atomic E-state index is 0.00237. The van der Waals surface area contributed by atoms with Crippen molar-refractivity contribution in [2.45, 2.75) is 210 Å². The normalized spacial score (nSPS) is 23.7. The first-order chi connectivity index (χ1) is 37.8. The van der Waals surface area contributed by atoms with Gasteiger partial charge in [-0.1, -0.05) is 36.1 Å². The number of nitrogens with one attached hydrogen (secondary N) is 7. The van der Waals surface area contributed by atoms with Gasteiger partial charge in [0.15, 0.2) is 12.6 Å². The highest BCUT2D eigenvalue weighted by Crippen LogP contribution is 2.23. The molecular weight excluding hydrogens is 1040 g/mol. The second-order valence-electron chi connectivity index (χ2n) is 19.5. The molecule has 0 radical (unpaired) electrons. The van der Waals surface area contributed by atoms with E-state index in [1.165, 1.54) is 16.3 Å². The zero-order valence-electron chi connectivity index (χ0n) is 45.1. The summed E-state index contributed by atoms with van der Waals surface area (Å²) in [7, 11) is 0. The Bertz CT molecular complexity index is 2210. The molecule has 0 aliphatic carbocycles. The summed E-state index contributed by atoms with van der Waals surface area (Å²) in [5.41, 5.74) is 2.93. The number of unbranched alkanes of at least 4 members (excludes halogenated alkanes) is 6. The van der Waals surface area contributed by atoms with Crippen molar-refractivity contribution in [3.8, 4) is 0 Å². The van der Waals surface area contributed by atoms with Crippen LogP contribution in [-0.2, 0) is 78.7 Å². The summed E-state index contributed by atoms with van der Waals surface area (Å²) in [5.74, 6) is 2.33. The van der Waals surface area contributed by atoms with Crippen molar-refractivity contribution in [2.24, 2.45) is 5.84 Å². The molecule has 0 bridgehead atoms. The van der Waals surface area contributed by atoms with Crippen LogP contribution in [0.5, 0.6) is 0 Å². The Labute approximate surface area is 457 Å². The maximum absolute atomic E-state index is 13.2. The van der Waals surface area contributed by atoms with Crippen LogP contribution in [0.25, 0.3) is 0 Å². The molecule has 2 aromatic heterocycles. The molecule has 31 heteroatoms. The number of carbonyl (C=O) groups is 7. The average molecular weight is 1130 g/mol. The van der Waals surface area contributed by atoms with Crippen molar-refractivity contribution < 1.29 is 83.1 Å². The molecule has 2 aliphatic heterocycles. The SMILES string of the molecule is CC(=O)NC(CCC(=O)NCc1cn(CCO[C@@H]2O[C@@H](C)[C@@H](O)[C@@H](O)[C@@H]2O)nn1)C(=O)NCCCCCCCC(=O)NC(CCC(=O)NCc1cn(CCO[C@@H]2O[C@@H](C)[C@@H](O)[C@@H](O)[C@@H]2O)nn1)C(=O)NCCCCCC(=O)NN. The first kappa shape index (κ1) is 65.6. The lowest BCUT2D eigenvalue weighted by atomic mass is 10.0. The van der Waals surface area contributed by atoms with Crippen LogP contribution in [0.3, 0.4) is 0 Å². The van der Waals surface area contributed by atoms with E-state index < -0.39 is 97.1 Å². The topological polar surface area (TPSA) is 449 Å². The van der Waals surface area contributed by atoms with Crippen LogP contribution < -0.4 is 43.2 Å². The van der Waals surface area contributed by atoms with Crippen LogP contribution >= 0.6 is 0 Å². The zero-order chi connectivity index (χ0) is 57.9. The zero-order valence-corrected chi connectivity index (χ0v) is 45.1. The quantitative estimate of drug-likeness (QED) is 0.0132. The van der Waals surface area contributed by atoms with Gasteiger partial charge in [0.05, 0.1) is 64.0 Å². The summed E-state index contributed by atoms with van der Waals surface area (Å²) < 4.78 is 24.8. The first-order valence-corrected chi connectivity index (χ1v) is 26.8. The van der Waals surface area contributed by atoms with E-state index in [0.717, 1.165) is 12.8 Å². The highest BCUT2D eigenvalue weighted by atomic mass is 16.7. The molecule has 2 aliphatic rings. The van der Waals surface area contributed by atoms with Crippen LogP contribution in [0.4, 0.5) is 0 Å². The number of carbonyl (C=O) groups excluding carboxylic acids is 7. The van der Waals surface area contributed by atoms with E-state index in [2.05, 4.69) is 58.0 Å². The number of aliphatic hydroxyl groups excluding tert-OH is 6. The van der Waals surface area contributed by atoms with E-state index in [1.807, 2.05) is 0 Å². The second kappa shape index (κ2) is 35.0. The van der Waals surface area contributed by atoms with Crippen molar-refractivity contribution in [3.63, 3.8) is 0 Å². The van der Waals surface area contributed by atoms with Crippen LogP contribution in [0.15, 0.2) is 12.4 Å². The molecule has 12 atom stereocenters. The van der Waals surface area contributed by atoms with Crippen molar-refractivity contribution in [2.75, 3.05) is 26.3 Å². The number of rotatable bonds is 36. The van der Waals surface area contributed by atoms with E-state index in [9.17, 15) is 64.2 Å². The van der Waals surface area contributed by atoms with Gasteiger partial charge >= 0.3 is 0 Å². The van der Waals surface area contributed by atoms with Crippen LogP contribution in [0, 0.1) is 0 Å². The molecule has 0 aromatic carbocycles. The summed E-state index contributed by atoms with van der Waals surface area (Å²) >= 11 is 0. The highest BCUT2D eigenvalue weighted by molar-refractivity contribution is 5.89. The molecule has 31 nitrogen and oxygen atoms in total. The number of nitrogens with zero attached hydrogens (tertiary/aromatic N) is 6. The number of amides is 7. The van der Waals surface area contributed by atoms with Crippen molar-refractivity contribution in [1.29, 1.82) is 0 Å². The van der Waals surface area contributed by atoms with Gasteiger partial charge in [-0.05, 0) is 52.4 Å². The largest absolute Gasteiger partial charge is 0.388 e. The fraction of sp³-hybridized carbons (Fsp3) is 0.771. The minimum atomic E-state index is -1.45. The van der Waals surface area contributed by atoms with Gasteiger partial charge in [0.1, 0.15) is 60.1 Å². The second-order valence-corrected chi connectivity index (χ2v) is 19.5. The molecule has 7 amide bonds. The lowest BCUT2D eigenvalue weighted by molar-refractivity contribution is -0.293. The van der Waals surface area contributed by atoms with Crippen LogP contribution in [-0.4, -0.2) is 202 Å². The van der Waals surface area contributed by atoms with E-state index in [1.54, 1.807) is 26.2 Å². The lowest BCUT2D eigenvalue weighted by Crippen LogP contribution is -2.57. The lowest BCUT2D eigenvalue weighted by Gasteiger charge is -2.38. The first-order valence-electron chi connectivity index (χ1n) is 26.8. The van der Waals surface area contributed by atoms with E-state index in [0.29, 0.717) is 56.5 Å². The number of ether oxygens (including phenoxy) is 4. The van der Waals surface area contributed by atoms with Gasteiger partial charge in [0, 0.05) is 45.7 Å². The van der Waals surface area contributed by atoms with E-state index >= 15 is 0 Å². The van der Waals surface area contributed by atoms with Gasteiger partial charge in [0.25, 0.3) is 0 Å². The van der Waals surface area contributed by atoms with Crippen LogP contribution in [0.1, 0.15) is 122 Å². The van der Waals surface area contributed by atoms with Gasteiger partial charge in [-0.15, -0.1) is 10.2 Å². The monoisotopic (exact) mass is 1130 g/mol. The fourth-order valence-corrected chi connectivity index (χ4v) is 8.31. The predicted molar refractivity (Wildman–Crippen MR) is 273 cm³/mol. The Morgan fingerprint density at radius 1 is 0.557 bits per heavy atom. The van der Waals surface area contributed by atoms with Crippen molar-refractivity contribution in [1.82, 2.24) is 67.3 Å². The molecule has 0 spiro atoms. The molecule has 2 unspecified atom stereocenters. The summed E-state index contributed by atoms with van der Waals surface area (Å²) in [5, 5.41) is 92.3. The predicted octanol–water partition coefficient (Wildman–Crippen LogP) is -4.84. The van der Waals surface area contributed by atoms with Gasteiger partial charge in [0.2, 0.25) is 41.4 Å². The van der Waals surface area contributed by atoms with Gasteiger partial charge in [-0.3, -0.25) is 39.0 Å². The molecule has 2 fully saturated rings.